The van der Waals surface area contributed by atoms with Crippen molar-refractivity contribution < 1.29 is 14.3 Å². The Morgan fingerprint density at radius 3 is 2.64 bits per heavy atom. The molecule has 0 saturated carbocycles. The van der Waals surface area contributed by atoms with Crippen LogP contribution in [-0.2, 0) is 4.74 Å². The van der Waals surface area contributed by atoms with Crippen molar-refractivity contribution in [1.82, 2.24) is 0 Å². The number of esters is 1. The van der Waals surface area contributed by atoms with Crippen LogP contribution in [0.1, 0.15) is 10.4 Å². The molecule has 0 aromatic heterocycles. The van der Waals surface area contributed by atoms with Gasteiger partial charge in [0.25, 0.3) is 0 Å². The lowest BCUT2D eigenvalue weighted by molar-refractivity contribution is 0.0601. The van der Waals surface area contributed by atoms with Crippen molar-refractivity contribution in [3.05, 3.63) is 23.8 Å². The number of nitrogens with one attached hydrogen (secondary N) is 1. The highest BCUT2D eigenvalue weighted by Gasteiger charge is 2.14. The SMILES string of the molecule is COC(=O)c1cccc(OC)c1NN. The zero-order chi connectivity index (χ0) is 10.6. The van der Waals surface area contributed by atoms with Crippen LogP contribution in [-0.4, -0.2) is 20.2 Å². The van der Waals surface area contributed by atoms with Crippen LogP contribution < -0.4 is 16.0 Å². The molecular weight excluding hydrogens is 184 g/mol. The van der Waals surface area contributed by atoms with Crippen molar-refractivity contribution >= 4 is 11.7 Å². The smallest absolute Gasteiger partial charge is 0.340 e. The molecular formula is C9H12N2O3. The number of para-hydroxylation sites is 1. The fourth-order valence-corrected chi connectivity index (χ4v) is 1.13. The second-order valence-corrected chi connectivity index (χ2v) is 2.52. The molecule has 1 aromatic rings. The van der Waals surface area contributed by atoms with Crippen molar-refractivity contribution in [2.45, 2.75) is 0 Å². The second kappa shape index (κ2) is 4.48. The number of carbonyl (C=O) groups excluding carboxylic acids is 1. The highest BCUT2D eigenvalue weighted by atomic mass is 16.5. The van der Waals surface area contributed by atoms with E-state index in [4.69, 9.17) is 10.6 Å². The summed E-state index contributed by atoms with van der Waals surface area (Å²) in [4.78, 5) is 11.3. The molecule has 0 bridgehead atoms. The van der Waals surface area contributed by atoms with Crippen LogP contribution >= 0.6 is 0 Å². The minimum atomic E-state index is -0.461. The molecule has 0 aliphatic rings. The third-order valence-corrected chi connectivity index (χ3v) is 1.80. The molecule has 3 N–H and O–H groups in total. The van der Waals surface area contributed by atoms with Crippen molar-refractivity contribution in [1.29, 1.82) is 0 Å². The van der Waals surface area contributed by atoms with Crippen LogP contribution in [0.5, 0.6) is 5.75 Å². The molecule has 0 spiro atoms. The van der Waals surface area contributed by atoms with E-state index in [0.717, 1.165) is 0 Å². The van der Waals surface area contributed by atoms with Crippen LogP contribution in [0.4, 0.5) is 5.69 Å². The zero-order valence-corrected chi connectivity index (χ0v) is 8.03. The Kier molecular flexibility index (Phi) is 3.30. The van der Waals surface area contributed by atoms with Crippen molar-refractivity contribution in [2.75, 3.05) is 19.6 Å². The van der Waals surface area contributed by atoms with Gasteiger partial charge in [-0.25, -0.2) is 4.79 Å². The van der Waals surface area contributed by atoms with Gasteiger partial charge in [0.1, 0.15) is 11.4 Å². The van der Waals surface area contributed by atoms with E-state index in [1.165, 1.54) is 14.2 Å². The predicted octanol–water partition coefficient (Wildman–Crippen LogP) is 0.767. The average Bonchev–Trinajstić information content (AvgIpc) is 2.26. The van der Waals surface area contributed by atoms with E-state index in [9.17, 15) is 4.79 Å². The number of hydrogen-bond acceptors (Lipinski definition) is 5. The van der Waals surface area contributed by atoms with Crippen LogP contribution in [0.25, 0.3) is 0 Å². The lowest BCUT2D eigenvalue weighted by Gasteiger charge is -2.11. The average molecular weight is 196 g/mol. The number of carbonyl (C=O) groups is 1. The summed E-state index contributed by atoms with van der Waals surface area (Å²) in [5.41, 5.74) is 3.16. The van der Waals surface area contributed by atoms with Gasteiger partial charge < -0.3 is 14.9 Å². The maximum absolute atomic E-state index is 11.3. The molecule has 0 radical (unpaired) electrons. The quantitative estimate of drug-likeness (QED) is 0.424. The van der Waals surface area contributed by atoms with Crippen LogP contribution in [0.3, 0.4) is 0 Å². The van der Waals surface area contributed by atoms with Crippen LogP contribution in [0, 0.1) is 0 Å². The summed E-state index contributed by atoms with van der Waals surface area (Å²) in [7, 11) is 2.80. The number of hydrogen-bond donors (Lipinski definition) is 2. The number of nitrogen functional groups attached to an aromatic ring is 1. The molecule has 0 heterocycles. The molecule has 0 atom stereocenters. The van der Waals surface area contributed by atoms with Crippen molar-refractivity contribution in [2.24, 2.45) is 5.84 Å². The van der Waals surface area contributed by atoms with Gasteiger partial charge in [-0.2, -0.15) is 0 Å². The maximum Gasteiger partial charge on any atom is 0.340 e. The Bertz CT molecular complexity index is 339. The summed E-state index contributed by atoms with van der Waals surface area (Å²) < 4.78 is 9.61. The zero-order valence-electron chi connectivity index (χ0n) is 8.03. The summed E-state index contributed by atoms with van der Waals surface area (Å²) in [6.07, 6.45) is 0. The third kappa shape index (κ3) is 1.77. The molecule has 0 aliphatic carbocycles. The first-order chi connectivity index (χ1) is 6.74. The Morgan fingerprint density at radius 2 is 2.14 bits per heavy atom. The van der Waals surface area contributed by atoms with Gasteiger partial charge in [-0.05, 0) is 12.1 Å². The summed E-state index contributed by atoms with van der Waals surface area (Å²) in [5.74, 6) is 5.32. The highest BCUT2D eigenvalue weighted by Crippen LogP contribution is 2.27. The normalized spacial score (nSPS) is 9.36. The first kappa shape index (κ1) is 10.3. The third-order valence-electron chi connectivity index (χ3n) is 1.80. The van der Waals surface area contributed by atoms with Gasteiger partial charge in [-0.3, -0.25) is 5.84 Å². The summed E-state index contributed by atoms with van der Waals surface area (Å²) >= 11 is 0. The number of hydrazine groups is 1. The van der Waals surface area contributed by atoms with Gasteiger partial charge in [0.15, 0.2) is 0 Å². The van der Waals surface area contributed by atoms with Crippen molar-refractivity contribution in [3.8, 4) is 5.75 Å². The van der Waals surface area contributed by atoms with Crippen molar-refractivity contribution in [3.63, 3.8) is 0 Å². The topological polar surface area (TPSA) is 73.6 Å². The van der Waals surface area contributed by atoms with Gasteiger partial charge in [-0.1, -0.05) is 6.07 Å². The minimum absolute atomic E-state index is 0.342. The molecule has 5 nitrogen and oxygen atoms in total. The monoisotopic (exact) mass is 196 g/mol. The minimum Gasteiger partial charge on any atom is -0.495 e. The van der Waals surface area contributed by atoms with Gasteiger partial charge >= 0.3 is 5.97 Å². The summed E-state index contributed by atoms with van der Waals surface area (Å²) in [6.45, 7) is 0. The van der Waals surface area contributed by atoms with Gasteiger partial charge in [0.05, 0.1) is 19.8 Å². The van der Waals surface area contributed by atoms with Gasteiger partial charge in [0.2, 0.25) is 0 Å². The van der Waals surface area contributed by atoms with E-state index in [-0.39, 0.29) is 0 Å². The second-order valence-electron chi connectivity index (χ2n) is 2.52. The summed E-state index contributed by atoms with van der Waals surface area (Å²) in [5, 5.41) is 0. The predicted molar refractivity (Wildman–Crippen MR) is 52.1 cm³/mol. The molecule has 0 aliphatic heterocycles. The van der Waals surface area contributed by atoms with Gasteiger partial charge in [-0.15, -0.1) is 0 Å². The van der Waals surface area contributed by atoms with E-state index in [1.54, 1.807) is 18.2 Å². The Hall–Kier alpha value is -1.75. The largest absolute Gasteiger partial charge is 0.495 e. The molecule has 5 heteroatoms. The number of nitrogens with two attached hydrogens (primary N) is 1. The maximum atomic E-state index is 11.3. The van der Waals surface area contributed by atoms with Gasteiger partial charge in [0, 0.05) is 0 Å². The van der Waals surface area contributed by atoms with E-state index in [0.29, 0.717) is 17.0 Å². The molecule has 0 amide bonds. The van der Waals surface area contributed by atoms with Crippen LogP contribution in [0.2, 0.25) is 0 Å². The molecule has 0 saturated heterocycles. The first-order valence-electron chi connectivity index (χ1n) is 3.96. The molecule has 14 heavy (non-hydrogen) atoms. The summed E-state index contributed by atoms with van der Waals surface area (Å²) in [6, 6.07) is 4.98. The molecule has 1 aromatic carbocycles. The first-order valence-corrected chi connectivity index (χ1v) is 3.96. The molecule has 1 rings (SSSR count). The fourth-order valence-electron chi connectivity index (χ4n) is 1.13. The lowest BCUT2D eigenvalue weighted by atomic mass is 10.1. The highest BCUT2D eigenvalue weighted by molar-refractivity contribution is 5.97. The van der Waals surface area contributed by atoms with E-state index in [1.807, 2.05) is 0 Å². The molecule has 0 unspecified atom stereocenters. The van der Waals surface area contributed by atoms with E-state index >= 15 is 0 Å². The molecule has 76 valence electrons. The van der Waals surface area contributed by atoms with Crippen LogP contribution in [0.15, 0.2) is 18.2 Å². The van der Waals surface area contributed by atoms with E-state index in [2.05, 4.69) is 10.2 Å². The van der Waals surface area contributed by atoms with E-state index < -0.39 is 5.97 Å². The Labute approximate surface area is 81.8 Å². The Balaban J connectivity index is 3.21. The lowest BCUT2D eigenvalue weighted by Crippen LogP contribution is -2.14. The fraction of sp³-hybridized carbons (Fsp3) is 0.222. The Morgan fingerprint density at radius 1 is 1.43 bits per heavy atom. The number of rotatable bonds is 3. The standard InChI is InChI=1S/C9H12N2O3/c1-13-7-5-3-4-6(8(7)11-10)9(12)14-2/h3-5,11H,10H2,1-2H3. The number of ether oxygens (including phenoxy) is 2. The molecule has 0 fully saturated rings. The number of methoxy groups -OCH3 is 2. The number of benzene rings is 1. The number of anilines is 1.